The summed E-state index contributed by atoms with van der Waals surface area (Å²) in [4.78, 5) is 0. The van der Waals surface area contributed by atoms with Crippen LogP contribution in [0.1, 0.15) is 13.3 Å². The van der Waals surface area contributed by atoms with Gasteiger partial charge >= 0.3 is 0 Å². The molecule has 0 bridgehead atoms. The molecular weight excluding hydrogens is 222 g/mol. The number of rotatable bonds is 2. The summed E-state index contributed by atoms with van der Waals surface area (Å²) < 4.78 is 0. The standard InChI is InChI=1S/C4H10BrN.BrH/c1-4(6)2-3-5;/h4H,2-3,6H2,1H3;1H. The molecule has 0 aromatic rings. The highest BCUT2D eigenvalue weighted by molar-refractivity contribution is 9.09. The molecule has 0 spiro atoms. The molecule has 2 N–H and O–H groups in total. The second kappa shape index (κ2) is 6.92. The lowest BCUT2D eigenvalue weighted by atomic mass is 10.3. The first-order chi connectivity index (χ1) is 2.77. The van der Waals surface area contributed by atoms with Crippen LogP contribution in [-0.4, -0.2) is 11.4 Å². The fourth-order valence-electron chi connectivity index (χ4n) is 0.172. The van der Waals surface area contributed by atoms with Crippen LogP contribution >= 0.6 is 32.9 Å². The van der Waals surface area contributed by atoms with Crippen molar-refractivity contribution in [3.05, 3.63) is 0 Å². The Labute approximate surface area is 63.6 Å². The van der Waals surface area contributed by atoms with Crippen molar-refractivity contribution < 1.29 is 0 Å². The first kappa shape index (κ1) is 10.8. The first-order valence-electron chi connectivity index (χ1n) is 2.09. The van der Waals surface area contributed by atoms with Gasteiger partial charge in [0.1, 0.15) is 0 Å². The Kier molecular flexibility index (Phi) is 10.7. The average Bonchev–Trinajstić information content (AvgIpc) is 1.35. The second-order valence-electron chi connectivity index (χ2n) is 1.45. The van der Waals surface area contributed by atoms with Crippen molar-refractivity contribution in [3.8, 4) is 0 Å². The number of nitrogens with two attached hydrogens (primary N) is 1. The molecule has 0 aliphatic heterocycles. The van der Waals surface area contributed by atoms with Crippen LogP contribution in [-0.2, 0) is 0 Å². The molecule has 0 aliphatic carbocycles. The lowest BCUT2D eigenvalue weighted by molar-refractivity contribution is 0.724. The minimum Gasteiger partial charge on any atom is -0.328 e. The van der Waals surface area contributed by atoms with E-state index in [9.17, 15) is 0 Å². The lowest BCUT2D eigenvalue weighted by Gasteiger charge is -1.95. The highest BCUT2D eigenvalue weighted by Crippen LogP contribution is 1.89. The average molecular weight is 233 g/mol. The van der Waals surface area contributed by atoms with Gasteiger partial charge in [0.15, 0.2) is 0 Å². The van der Waals surface area contributed by atoms with Crippen molar-refractivity contribution in [3.63, 3.8) is 0 Å². The van der Waals surface area contributed by atoms with Crippen LogP contribution in [0.2, 0.25) is 0 Å². The Hall–Kier alpha value is 0.920. The Morgan fingerprint density at radius 3 is 2.14 bits per heavy atom. The smallest absolute Gasteiger partial charge is 0.00459 e. The van der Waals surface area contributed by atoms with Gasteiger partial charge in [0.05, 0.1) is 0 Å². The number of hydrogen-bond acceptors (Lipinski definition) is 1. The maximum absolute atomic E-state index is 5.37. The van der Waals surface area contributed by atoms with Crippen molar-refractivity contribution in [2.24, 2.45) is 5.73 Å². The van der Waals surface area contributed by atoms with Crippen LogP contribution in [0.4, 0.5) is 0 Å². The minimum atomic E-state index is 0. The summed E-state index contributed by atoms with van der Waals surface area (Å²) >= 11 is 3.27. The van der Waals surface area contributed by atoms with E-state index in [0.717, 1.165) is 11.8 Å². The van der Waals surface area contributed by atoms with Gasteiger partial charge in [0.2, 0.25) is 0 Å². The fourth-order valence-corrected chi connectivity index (χ4v) is 0.894. The van der Waals surface area contributed by atoms with Gasteiger partial charge in [0, 0.05) is 11.4 Å². The Bertz CT molecular complexity index is 30.9. The molecule has 0 fully saturated rings. The molecule has 0 radical (unpaired) electrons. The van der Waals surface area contributed by atoms with Crippen LogP contribution in [0, 0.1) is 0 Å². The summed E-state index contributed by atoms with van der Waals surface area (Å²) in [5, 5.41) is 1.02. The van der Waals surface area contributed by atoms with Gasteiger partial charge in [-0.1, -0.05) is 15.9 Å². The van der Waals surface area contributed by atoms with Gasteiger partial charge in [-0.2, -0.15) is 0 Å². The van der Waals surface area contributed by atoms with Crippen LogP contribution < -0.4 is 5.73 Å². The molecule has 0 rings (SSSR count). The number of alkyl halides is 1. The number of hydrogen-bond donors (Lipinski definition) is 1. The van der Waals surface area contributed by atoms with Crippen LogP contribution in [0.3, 0.4) is 0 Å². The summed E-state index contributed by atoms with van der Waals surface area (Å²) in [5.74, 6) is 0. The lowest BCUT2D eigenvalue weighted by Crippen LogP contribution is -2.14. The molecule has 3 heteroatoms. The highest BCUT2D eigenvalue weighted by Gasteiger charge is 1.86. The van der Waals surface area contributed by atoms with E-state index in [4.69, 9.17) is 5.73 Å². The molecule has 1 nitrogen and oxygen atoms in total. The summed E-state index contributed by atoms with van der Waals surface area (Å²) in [6.07, 6.45) is 1.07. The van der Waals surface area contributed by atoms with Gasteiger partial charge in [-0.25, -0.2) is 0 Å². The van der Waals surface area contributed by atoms with Crippen molar-refractivity contribution in [1.82, 2.24) is 0 Å². The van der Waals surface area contributed by atoms with E-state index in [2.05, 4.69) is 15.9 Å². The third-order valence-corrected chi connectivity index (χ3v) is 1.02. The van der Waals surface area contributed by atoms with E-state index in [-0.39, 0.29) is 17.0 Å². The van der Waals surface area contributed by atoms with Crippen LogP contribution in [0.5, 0.6) is 0 Å². The SMILES string of the molecule is Br.CC(N)CCBr. The van der Waals surface area contributed by atoms with Crippen molar-refractivity contribution in [2.75, 3.05) is 5.33 Å². The summed E-state index contributed by atoms with van der Waals surface area (Å²) in [6.45, 7) is 2.00. The van der Waals surface area contributed by atoms with Gasteiger partial charge in [-0.05, 0) is 13.3 Å². The molecular formula is C4H11Br2N. The van der Waals surface area contributed by atoms with E-state index < -0.39 is 0 Å². The van der Waals surface area contributed by atoms with E-state index in [1.54, 1.807) is 0 Å². The molecule has 0 aromatic heterocycles. The zero-order valence-electron chi connectivity index (χ0n) is 4.36. The van der Waals surface area contributed by atoms with Gasteiger partial charge in [0.25, 0.3) is 0 Å². The largest absolute Gasteiger partial charge is 0.328 e. The molecule has 1 unspecified atom stereocenters. The Balaban J connectivity index is 0. The molecule has 46 valence electrons. The Morgan fingerprint density at radius 1 is 1.71 bits per heavy atom. The van der Waals surface area contributed by atoms with Gasteiger partial charge in [-0.15, -0.1) is 17.0 Å². The van der Waals surface area contributed by atoms with Crippen molar-refractivity contribution in [2.45, 2.75) is 19.4 Å². The zero-order chi connectivity index (χ0) is 4.99. The maximum Gasteiger partial charge on any atom is 0.00459 e. The zero-order valence-corrected chi connectivity index (χ0v) is 7.65. The molecule has 0 saturated heterocycles. The monoisotopic (exact) mass is 231 g/mol. The van der Waals surface area contributed by atoms with E-state index in [1.807, 2.05) is 6.92 Å². The summed E-state index contributed by atoms with van der Waals surface area (Å²) in [6, 6.07) is 0.351. The third-order valence-electron chi connectivity index (χ3n) is 0.564. The normalized spacial score (nSPS) is 12.4. The summed E-state index contributed by atoms with van der Waals surface area (Å²) in [5.41, 5.74) is 5.37. The van der Waals surface area contributed by atoms with Gasteiger partial charge < -0.3 is 5.73 Å². The molecule has 0 amide bonds. The quantitative estimate of drug-likeness (QED) is 0.721. The summed E-state index contributed by atoms with van der Waals surface area (Å²) in [7, 11) is 0. The second-order valence-corrected chi connectivity index (χ2v) is 2.25. The van der Waals surface area contributed by atoms with E-state index in [0.29, 0.717) is 6.04 Å². The van der Waals surface area contributed by atoms with Crippen LogP contribution in [0.15, 0.2) is 0 Å². The van der Waals surface area contributed by atoms with Crippen molar-refractivity contribution in [1.29, 1.82) is 0 Å². The first-order valence-corrected chi connectivity index (χ1v) is 3.21. The van der Waals surface area contributed by atoms with Crippen molar-refractivity contribution >= 4 is 32.9 Å². The topological polar surface area (TPSA) is 26.0 Å². The third kappa shape index (κ3) is 10.9. The molecule has 1 atom stereocenters. The predicted octanol–water partition coefficient (Wildman–Crippen LogP) is 1.70. The maximum atomic E-state index is 5.37. The molecule has 0 aromatic carbocycles. The Morgan fingerprint density at radius 2 is 2.14 bits per heavy atom. The van der Waals surface area contributed by atoms with E-state index >= 15 is 0 Å². The molecule has 0 saturated carbocycles. The molecule has 0 heterocycles. The highest BCUT2D eigenvalue weighted by atomic mass is 79.9. The fraction of sp³-hybridized carbons (Fsp3) is 1.00. The predicted molar refractivity (Wildman–Crippen MR) is 42.4 cm³/mol. The van der Waals surface area contributed by atoms with Crippen LogP contribution in [0.25, 0.3) is 0 Å². The minimum absolute atomic E-state index is 0. The number of halogens is 2. The van der Waals surface area contributed by atoms with E-state index in [1.165, 1.54) is 0 Å². The molecule has 7 heavy (non-hydrogen) atoms. The molecule has 0 aliphatic rings. The van der Waals surface area contributed by atoms with Gasteiger partial charge in [-0.3, -0.25) is 0 Å².